The SMILES string of the molecule is Cc1nc(SCc2cc(=O)n3cccc(C)c3n2)c2c3c(sc2n1)CCCC3. The van der Waals surface area contributed by atoms with Gasteiger partial charge in [-0.3, -0.25) is 9.20 Å². The lowest BCUT2D eigenvalue weighted by Crippen LogP contribution is -2.15. The van der Waals surface area contributed by atoms with Crippen LogP contribution in [0.5, 0.6) is 0 Å². The van der Waals surface area contributed by atoms with Crippen molar-refractivity contribution in [2.75, 3.05) is 0 Å². The molecule has 4 aromatic rings. The molecule has 0 N–H and O–H groups in total. The van der Waals surface area contributed by atoms with Crippen LogP contribution in [0.2, 0.25) is 0 Å². The van der Waals surface area contributed by atoms with Crippen molar-refractivity contribution in [3.8, 4) is 0 Å². The summed E-state index contributed by atoms with van der Waals surface area (Å²) in [6.45, 7) is 3.93. The number of hydrogen-bond donors (Lipinski definition) is 0. The van der Waals surface area contributed by atoms with Crippen molar-refractivity contribution in [3.05, 3.63) is 62.3 Å². The van der Waals surface area contributed by atoms with Crippen molar-refractivity contribution in [2.45, 2.75) is 50.3 Å². The molecule has 142 valence electrons. The van der Waals surface area contributed by atoms with Crippen LogP contribution < -0.4 is 5.56 Å². The Morgan fingerprint density at radius 2 is 2.04 bits per heavy atom. The van der Waals surface area contributed by atoms with Gasteiger partial charge in [0, 0.05) is 28.3 Å². The van der Waals surface area contributed by atoms with E-state index in [1.165, 1.54) is 28.7 Å². The van der Waals surface area contributed by atoms with E-state index in [0.717, 1.165) is 45.4 Å². The molecular formula is C21H20N4OS2. The molecule has 1 aliphatic carbocycles. The maximum Gasteiger partial charge on any atom is 0.258 e. The van der Waals surface area contributed by atoms with Gasteiger partial charge in [0.25, 0.3) is 5.56 Å². The summed E-state index contributed by atoms with van der Waals surface area (Å²) in [6.07, 6.45) is 6.54. The lowest BCUT2D eigenvalue weighted by atomic mass is 9.97. The van der Waals surface area contributed by atoms with Crippen molar-refractivity contribution >= 4 is 39.0 Å². The zero-order chi connectivity index (χ0) is 19.3. The predicted octanol–water partition coefficient (Wildman–Crippen LogP) is 4.49. The molecule has 4 aromatic heterocycles. The second-order valence-electron chi connectivity index (χ2n) is 7.23. The molecule has 0 radical (unpaired) electrons. The zero-order valence-electron chi connectivity index (χ0n) is 15.9. The number of thiophene rings is 1. The lowest BCUT2D eigenvalue weighted by Gasteiger charge is -2.12. The summed E-state index contributed by atoms with van der Waals surface area (Å²) in [5.41, 5.74) is 3.91. The predicted molar refractivity (Wildman–Crippen MR) is 115 cm³/mol. The molecule has 0 aliphatic heterocycles. The van der Waals surface area contributed by atoms with Gasteiger partial charge < -0.3 is 0 Å². The van der Waals surface area contributed by atoms with Crippen LogP contribution >= 0.6 is 23.1 Å². The highest BCUT2D eigenvalue weighted by Crippen LogP contribution is 2.40. The van der Waals surface area contributed by atoms with E-state index in [1.54, 1.807) is 28.4 Å². The number of thioether (sulfide) groups is 1. The van der Waals surface area contributed by atoms with Crippen LogP contribution in [0.4, 0.5) is 0 Å². The van der Waals surface area contributed by atoms with E-state index in [9.17, 15) is 4.79 Å². The topological polar surface area (TPSA) is 60.2 Å². The van der Waals surface area contributed by atoms with Gasteiger partial charge in [0.15, 0.2) is 0 Å². The van der Waals surface area contributed by atoms with Gasteiger partial charge in [-0.1, -0.05) is 17.8 Å². The molecule has 0 fully saturated rings. The number of pyridine rings is 1. The summed E-state index contributed by atoms with van der Waals surface area (Å²) < 4.78 is 1.60. The summed E-state index contributed by atoms with van der Waals surface area (Å²) in [7, 11) is 0. The van der Waals surface area contributed by atoms with Crippen LogP contribution in [0.15, 0.2) is 34.2 Å². The van der Waals surface area contributed by atoms with E-state index < -0.39 is 0 Å². The van der Waals surface area contributed by atoms with Gasteiger partial charge in [0.2, 0.25) is 0 Å². The third-order valence-electron chi connectivity index (χ3n) is 5.19. The number of rotatable bonds is 3. The van der Waals surface area contributed by atoms with Gasteiger partial charge in [-0.15, -0.1) is 11.3 Å². The van der Waals surface area contributed by atoms with E-state index in [1.807, 2.05) is 37.3 Å². The molecule has 0 spiro atoms. The van der Waals surface area contributed by atoms with Gasteiger partial charge in [0.05, 0.1) is 5.69 Å². The minimum absolute atomic E-state index is 0.0405. The first-order valence-electron chi connectivity index (χ1n) is 9.50. The quantitative estimate of drug-likeness (QED) is 0.369. The van der Waals surface area contributed by atoms with Gasteiger partial charge in [-0.25, -0.2) is 15.0 Å². The Morgan fingerprint density at radius 3 is 2.93 bits per heavy atom. The molecule has 0 unspecified atom stereocenters. The minimum Gasteiger partial charge on any atom is -0.269 e. The number of nitrogens with zero attached hydrogens (tertiary/aromatic N) is 4. The molecule has 0 amide bonds. The Balaban J connectivity index is 1.54. The highest BCUT2D eigenvalue weighted by Gasteiger charge is 2.21. The fourth-order valence-corrected chi connectivity index (χ4v) is 6.22. The number of fused-ring (bicyclic) bond motifs is 4. The van der Waals surface area contributed by atoms with E-state index >= 15 is 0 Å². The number of aryl methyl sites for hydroxylation is 4. The van der Waals surface area contributed by atoms with E-state index in [4.69, 9.17) is 9.97 Å². The first-order valence-corrected chi connectivity index (χ1v) is 11.3. The highest BCUT2D eigenvalue weighted by molar-refractivity contribution is 7.98. The van der Waals surface area contributed by atoms with Crippen LogP contribution in [-0.2, 0) is 18.6 Å². The first-order chi connectivity index (χ1) is 13.6. The fraction of sp³-hybridized carbons (Fsp3) is 0.333. The molecule has 0 atom stereocenters. The molecule has 4 heterocycles. The maximum absolute atomic E-state index is 12.5. The van der Waals surface area contributed by atoms with Crippen LogP contribution in [0.25, 0.3) is 15.9 Å². The van der Waals surface area contributed by atoms with Crippen molar-refractivity contribution in [1.29, 1.82) is 0 Å². The molecule has 1 aliphatic rings. The molecular weight excluding hydrogens is 388 g/mol. The van der Waals surface area contributed by atoms with E-state index in [0.29, 0.717) is 5.75 Å². The molecule has 0 bridgehead atoms. The first kappa shape index (κ1) is 17.8. The molecule has 5 rings (SSSR count). The van der Waals surface area contributed by atoms with Crippen molar-refractivity contribution < 1.29 is 0 Å². The molecule has 28 heavy (non-hydrogen) atoms. The molecule has 0 saturated heterocycles. The van der Waals surface area contributed by atoms with Gasteiger partial charge >= 0.3 is 0 Å². The summed E-state index contributed by atoms with van der Waals surface area (Å²) in [5, 5.41) is 2.25. The van der Waals surface area contributed by atoms with Crippen LogP contribution in [-0.4, -0.2) is 19.4 Å². The van der Waals surface area contributed by atoms with Crippen LogP contribution in [0.1, 0.15) is 40.4 Å². The monoisotopic (exact) mass is 408 g/mol. The van der Waals surface area contributed by atoms with Crippen molar-refractivity contribution in [3.63, 3.8) is 0 Å². The number of aromatic nitrogens is 4. The average Bonchev–Trinajstić information content (AvgIpc) is 3.05. The fourth-order valence-electron chi connectivity index (χ4n) is 3.86. The second-order valence-corrected chi connectivity index (χ2v) is 9.27. The lowest BCUT2D eigenvalue weighted by molar-refractivity contribution is 0.699. The third kappa shape index (κ3) is 3.02. The number of hydrogen-bond acceptors (Lipinski definition) is 6. The van der Waals surface area contributed by atoms with Crippen molar-refractivity contribution in [1.82, 2.24) is 19.4 Å². The van der Waals surface area contributed by atoms with Gasteiger partial charge in [-0.05, 0) is 56.7 Å². The molecule has 5 nitrogen and oxygen atoms in total. The summed E-state index contributed by atoms with van der Waals surface area (Å²) in [4.78, 5) is 29.2. The molecule has 7 heteroatoms. The van der Waals surface area contributed by atoms with E-state index in [2.05, 4.69) is 4.98 Å². The Kier molecular flexibility index (Phi) is 4.44. The summed E-state index contributed by atoms with van der Waals surface area (Å²) >= 11 is 3.49. The third-order valence-corrected chi connectivity index (χ3v) is 7.38. The summed E-state index contributed by atoms with van der Waals surface area (Å²) in [6, 6.07) is 5.49. The van der Waals surface area contributed by atoms with Gasteiger partial charge in [0.1, 0.15) is 21.3 Å². The smallest absolute Gasteiger partial charge is 0.258 e. The van der Waals surface area contributed by atoms with Crippen LogP contribution in [0.3, 0.4) is 0 Å². The standard InChI is InChI=1S/C21H20N4OS2/c1-12-6-5-9-25-17(26)10-14(24-19(12)25)11-27-20-18-15-7-3-4-8-16(15)28-21(18)23-13(2)22-20/h5-6,9-10H,3-4,7-8,11H2,1-2H3. The molecule has 0 aromatic carbocycles. The Morgan fingerprint density at radius 1 is 1.18 bits per heavy atom. The summed E-state index contributed by atoms with van der Waals surface area (Å²) in [5.74, 6) is 1.42. The Bertz CT molecular complexity index is 1280. The zero-order valence-corrected chi connectivity index (χ0v) is 17.5. The molecule has 0 saturated carbocycles. The maximum atomic E-state index is 12.5. The van der Waals surface area contributed by atoms with E-state index in [-0.39, 0.29) is 5.56 Å². The van der Waals surface area contributed by atoms with Crippen LogP contribution in [0, 0.1) is 13.8 Å². The average molecular weight is 409 g/mol. The minimum atomic E-state index is -0.0405. The second kappa shape index (κ2) is 6.97. The van der Waals surface area contributed by atoms with Gasteiger partial charge in [-0.2, -0.15) is 0 Å². The van der Waals surface area contributed by atoms with Crippen molar-refractivity contribution in [2.24, 2.45) is 0 Å². The Hall–Kier alpha value is -2.25. The highest BCUT2D eigenvalue weighted by atomic mass is 32.2. The largest absolute Gasteiger partial charge is 0.269 e. The normalized spacial score (nSPS) is 13.9. The Labute approximate surface area is 170 Å².